The van der Waals surface area contributed by atoms with Crippen LogP contribution in [0.3, 0.4) is 0 Å². The van der Waals surface area contributed by atoms with Crippen molar-refractivity contribution in [3.05, 3.63) is 0 Å². The summed E-state index contributed by atoms with van der Waals surface area (Å²) in [6.45, 7) is 4.84. The van der Waals surface area contributed by atoms with Crippen LogP contribution in [0.4, 0.5) is 0 Å². The molecule has 12 heavy (non-hydrogen) atoms. The second-order valence-corrected chi connectivity index (χ2v) is 3.46. The van der Waals surface area contributed by atoms with E-state index < -0.39 is 11.7 Å². The fourth-order valence-electron chi connectivity index (χ4n) is 1.70. The van der Waals surface area contributed by atoms with Gasteiger partial charge in [0, 0.05) is 5.92 Å². The molecule has 0 radical (unpaired) electrons. The lowest BCUT2D eigenvalue weighted by molar-refractivity contribution is -0.139. The molecular weight excluding hydrogens is 156 g/mol. The predicted octanol–water partition coefficient (Wildman–Crippen LogP) is 0.616. The van der Waals surface area contributed by atoms with Crippen LogP contribution in [0.25, 0.3) is 0 Å². The standard InChI is InChI=1S/C9H12O3/c1-4-5(2)8(11)9(12)7(4)6(3)10/h4-5,7H,1-3H3. The van der Waals surface area contributed by atoms with Gasteiger partial charge in [0.05, 0.1) is 5.92 Å². The average molecular weight is 168 g/mol. The van der Waals surface area contributed by atoms with E-state index in [4.69, 9.17) is 0 Å². The number of carbonyl (C=O) groups excluding carboxylic acids is 3. The van der Waals surface area contributed by atoms with Crippen LogP contribution in [0.5, 0.6) is 0 Å². The van der Waals surface area contributed by atoms with Crippen molar-refractivity contribution in [3.8, 4) is 0 Å². The molecule has 3 atom stereocenters. The molecule has 3 nitrogen and oxygen atoms in total. The van der Waals surface area contributed by atoms with Gasteiger partial charge in [-0.05, 0) is 12.8 Å². The van der Waals surface area contributed by atoms with Gasteiger partial charge < -0.3 is 0 Å². The fraction of sp³-hybridized carbons (Fsp3) is 0.667. The van der Waals surface area contributed by atoms with E-state index >= 15 is 0 Å². The van der Waals surface area contributed by atoms with Gasteiger partial charge in [-0.1, -0.05) is 13.8 Å². The third-order valence-electron chi connectivity index (χ3n) is 2.69. The zero-order chi connectivity index (χ0) is 9.46. The summed E-state index contributed by atoms with van der Waals surface area (Å²) >= 11 is 0. The third-order valence-corrected chi connectivity index (χ3v) is 2.69. The van der Waals surface area contributed by atoms with E-state index in [-0.39, 0.29) is 23.4 Å². The molecule has 66 valence electrons. The molecule has 0 aromatic heterocycles. The molecule has 1 saturated carbocycles. The Bertz CT molecular complexity index is 254. The Morgan fingerprint density at radius 3 is 1.83 bits per heavy atom. The number of carbonyl (C=O) groups is 3. The summed E-state index contributed by atoms with van der Waals surface area (Å²) in [4.78, 5) is 33.3. The maximum Gasteiger partial charge on any atom is 0.209 e. The first-order valence-corrected chi connectivity index (χ1v) is 4.05. The number of hydrogen-bond donors (Lipinski definition) is 0. The molecule has 0 aliphatic heterocycles. The molecule has 1 rings (SSSR count). The Hall–Kier alpha value is -0.990. The Morgan fingerprint density at radius 2 is 1.67 bits per heavy atom. The first-order chi connectivity index (χ1) is 5.46. The molecule has 1 aliphatic rings. The second kappa shape index (κ2) is 2.81. The van der Waals surface area contributed by atoms with Crippen molar-refractivity contribution in [2.24, 2.45) is 17.8 Å². The van der Waals surface area contributed by atoms with Crippen molar-refractivity contribution in [2.45, 2.75) is 20.8 Å². The lowest BCUT2D eigenvalue weighted by Gasteiger charge is -2.11. The molecule has 1 fully saturated rings. The van der Waals surface area contributed by atoms with Crippen molar-refractivity contribution in [3.63, 3.8) is 0 Å². The maximum atomic E-state index is 11.2. The van der Waals surface area contributed by atoms with Gasteiger partial charge >= 0.3 is 0 Å². The quantitative estimate of drug-likeness (QED) is 0.426. The smallest absolute Gasteiger partial charge is 0.209 e. The van der Waals surface area contributed by atoms with Crippen LogP contribution in [0, 0.1) is 17.8 Å². The van der Waals surface area contributed by atoms with Gasteiger partial charge in [0.25, 0.3) is 0 Å². The van der Waals surface area contributed by atoms with E-state index in [9.17, 15) is 14.4 Å². The van der Waals surface area contributed by atoms with Gasteiger partial charge in [0.15, 0.2) is 0 Å². The first kappa shape index (κ1) is 9.10. The zero-order valence-corrected chi connectivity index (χ0v) is 7.46. The molecule has 1 aliphatic carbocycles. The zero-order valence-electron chi connectivity index (χ0n) is 7.46. The van der Waals surface area contributed by atoms with Crippen LogP contribution in [0.2, 0.25) is 0 Å². The van der Waals surface area contributed by atoms with Gasteiger partial charge in [-0.25, -0.2) is 0 Å². The Balaban J connectivity index is 2.99. The molecule has 0 bridgehead atoms. The molecule has 0 spiro atoms. The van der Waals surface area contributed by atoms with Crippen LogP contribution in [-0.4, -0.2) is 17.3 Å². The van der Waals surface area contributed by atoms with Gasteiger partial charge in [-0.15, -0.1) is 0 Å². The van der Waals surface area contributed by atoms with E-state index in [0.29, 0.717) is 0 Å². The molecule has 3 heteroatoms. The molecule has 0 saturated heterocycles. The van der Waals surface area contributed by atoms with Gasteiger partial charge in [-0.2, -0.15) is 0 Å². The highest BCUT2D eigenvalue weighted by molar-refractivity contribution is 6.44. The highest BCUT2D eigenvalue weighted by Crippen LogP contribution is 2.31. The second-order valence-electron chi connectivity index (χ2n) is 3.46. The monoisotopic (exact) mass is 168 g/mol. The van der Waals surface area contributed by atoms with E-state index in [1.807, 2.05) is 0 Å². The van der Waals surface area contributed by atoms with Gasteiger partial charge in [0.2, 0.25) is 11.6 Å². The summed E-state index contributed by atoms with van der Waals surface area (Å²) in [7, 11) is 0. The summed E-state index contributed by atoms with van der Waals surface area (Å²) in [6.07, 6.45) is 0. The van der Waals surface area contributed by atoms with E-state index in [1.165, 1.54) is 6.92 Å². The Morgan fingerprint density at radius 1 is 1.17 bits per heavy atom. The predicted molar refractivity (Wildman–Crippen MR) is 42.5 cm³/mol. The van der Waals surface area contributed by atoms with Crippen LogP contribution in [0.15, 0.2) is 0 Å². The number of rotatable bonds is 1. The highest BCUT2D eigenvalue weighted by Gasteiger charge is 2.46. The first-order valence-electron chi connectivity index (χ1n) is 4.05. The fourth-order valence-corrected chi connectivity index (χ4v) is 1.70. The van der Waals surface area contributed by atoms with Crippen LogP contribution >= 0.6 is 0 Å². The molecule has 3 unspecified atom stereocenters. The minimum Gasteiger partial charge on any atom is -0.299 e. The average Bonchev–Trinajstić information content (AvgIpc) is 2.16. The third kappa shape index (κ3) is 1.09. The summed E-state index contributed by atoms with van der Waals surface area (Å²) in [5, 5.41) is 0. The lowest BCUT2D eigenvalue weighted by atomic mass is 9.90. The van der Waals surface area contributed by atoms with Crippen molar-refractivity contribution < 1.29 is 14.4 Å². The summed E-state index contributed by atoms with van der Waals surface area (Å²) in [5.74, 6) is -2.16. The minimum atomic E-state index is -0.674. The van der Waals surface area contributed by atoms with Gasteiger partial charge in [-0.3, -0.25) is 14.4 Å². The number of ketones is 3. The Kier molecular flexibility index (Phi) is 2.13. The van der Waals surface area contributed by atoms with Gasteiger partial charge in [0.1, 0.15) is 5.78 Å². The van der Waals surface area contributed by atoms with Crippen LogP contribution < -0.4 is 0 Å². The van der Waals surface area contributed by atoms with Crippen molar-refractivity contribution >= 4 is 17.3 Å². The summed E-state index contributed by atoms with van der Waals surface area (Å²) in [6, 6.07) is 0. The van der Waals surface area contributed by atoms with Crippen molar-refractivity contribution in [1.29, 1.82) is 0 Å². The van der Waals surface area contributed by atoms with E-state index in [1.54, 1.807) is 13.8 Å². The van der Waals surface area contributed by atoms with E-state index in [0.717, 1.165) is 0 Å². The number of Topliss-reactive ketones (excluding diaryl/α,β-unsaturated/α-hetero) is 3. The van der Waals surface area contributed by atoms with Crippen molar-refractivity contribution in [2.75, 3.05) is 0 Å². The molecule has 0 aromatic rings. The van der Waals surface area contributed by atoms with Crippen molar-refractivity contribution in [1.82, 2.24) is 0 Å². The summed E-state index contributed by atoms with van der Waals surface area (Å²) in [5.41, 5.74) is 0. The maximum absolute atomic E-state index is 11.2. The molecule has 0 heterocycles. The molecule has 0 amide bonds. The largest absolute Gasteiger partial charge is 0.299 e. The molecule has 0 aromatic carbocycles. The highest BCUT2D eigenvalue weighted by atomic mass is 16.2. The van der Waals surface area contributed by atoms with E-state index in [2.05, 4.69) is 0 Å². The Labute approximate surface area is 71.1 Å². The molecule has 0 N–H and O–H groups in total. The number of hydrogen-bond acceptors (Lipinski definition) is 3. The topological polar surface area (TPSA) is 51.2 Å². The van der Waals surface area contributed by atoms with Crippen LogP contribution in [0.1, 0.15) is 20.8 Å². The van der Waals surface area contributed by atoms with Crippen LogP contribution in [-0.2, 0) is 14.4 Å². The molecular formula is C9H12O3. The minimum absolute atomic E-state index is 0.123. The SMILES string of the molecule is CC(=O)C1C(=O)C(=O)C(C)C1C. The normalized spacial score (nSPS) is 35.8. The lowest BCUT2D eigenvalue weighted by Crippen LogP contribution is -2.23. The summed E-state index contributed by atoms with van der Waals surface area (Å²) < 4.78 is 0.